The van der Waals surface area contributed by atoms with Gasteiger partial charge in [0.05, 0.1) is 0 Å². The van der Waals surface area contributed by atoms with Crippen LogP contribution in [0.15, 0.2) is 28.2 Å². The smallest absolute Gasteiger partial charge is 0.344 e. The molecule has 0 bridgehead atoms. The van der Waals surface area contributed by atoms with E-state index in [2.05, 4.69) is 10.2 Å². The molecule has 1 fully saturated rings. The van der Waals surface area contributed by atoms with Gasteiger partial charge in [-0.1, -0.05) is 11.8 Å². The minimum Gasteiger partial charge on any atom is -0.478 e. The number of thioether (sulfide) groups is 1. The summed E-state index contributed by atoms with van der Waals surface area (Å²) in [6.07, 6.45) is 4.78. The SMILES string of the molecule is O=C(O)C=Cc1ccc(CSc2n[nH]c(=O)n2C2CC2)s1. The lowest BCUT2D eigenvalue weighted by molar-refractivity contribution is -0.131. The van der Waals surface area contributed by atoms with Crippen molar-refractivity contribution in [3.8, 4) is 0 Å². The third-order valence-corrected chi connectivity index (χ3v) is 5.23. The van der Waals surface area contributed by atoms with E-state index in [1.165, 1.54) is 23.1 Å². The molecule has 0 radical (unpaired) electrons. The van der Waals surface area contributed by atoms with Crippen molar-refractivity contribution in [2.24, 2.45) is 0 Å². The number of rotatable bonds is 6. The largest absolute Gasteiger partial charge is 0.478 e. The number of aromatic amines is 1. The molecule has 0 aliphatic heterocycles. The van der Waals surface area contributed by atoms with Crippen LogP contribution < -0.4 is 5.69 Å². The molecule has 0 spiro atoms. The normalized spacial score (nSPS) is 14.9. The molecule has 2 heterocycles. The lowest BCUT2D eigenvalue weighted by Crippen LogP contribution is -2.16. The van der Waals surface area contributed by atoms with Crippen LogP contribution >= 0.6 is 23.1 Å². The molecule has 3 rings (SSSR count). The van der Waals surface area contributed by atoms with E-state index in [9.17, 15) is 9.59 Å². The molecule has 1 aliphatic rings. The van der Waals surface area contributed by atoms with Gasteiger partial charge in [-0.3, -0.25) is 4.57 Å². The second-order valence-electron chi connectivity index (χ2n) is 4.68. The number of carboxylic acids is 1. The maximum absolute atomic E-state index is 11.7. The summed E-state index contributed by atoms with van der Waals surface area (Å²) in [6.45, 7) is 0. The first-order valence-corrected chi connectivity index (χ1v) is 8.23. The molecule has 1 aliphatic carbocycles. The molecule has 0 unspecified atom stereocenters. The third kappa shape index (κ3) is 3.45. The summed E-state index contributed by atoms with van der Waals surface area (Å²) in [5.74, 6) is -0.243. The van der Waals surface area contributed by atoms with Gasteiger partial charge in [0.25, 0.3) is 0 Å². The lowest BCUT2D eigenvalue weighted by Gasteiger charge is -2.01. The molecular weight excluding hydrogens is 310 g/mol. The molecule has 0 atom stereocenters. The van der Waals surface area contributed by atoms with Crippen molar-refractivity contribution in [1.29, 1.82) is 0 Å². The van der Waals surface area contributed by atoms with E-state index in [1.807, 2.05) is 12.1 Å². The maximum atomic E-state index is 11.7. The summed E-state index contributed by atoms with van der Waals surface area (Å²) < 4.78 is 1.73. The Labute approximate surface area is 128 Å². The topological polar surface area (TPSA) is 88.0 Å². The van der Waals surface area contributed by atoms with Crippen molar-refractivity contribution < 1.29 is 9.90 Å². The van der Waals surface area contributed by atoms with E-state index >= 15 is 0 Å². The Morgan fingerprint density at radius 1 is 1.57 bits per heavy atom. The first-order valence-electron chi connectivity index (χ1n) is 6.43. The summed E-state index contributed by atoms with van der Waals surface area (Å²) in [4.78, 5) is 24.1. The quantitative estimate of drug-likeness (QED) is 0.629. The van der Waals surface area contributed by atoms with Gasteiger partial charge < -0.3 is 5.11 Å². The van der Waals surface area contributed by atoms with Gasteiger partial charge in [0.2, 0.25) is 0 Å². The van der Waals surface area contributed by atoms with Crippen LogP contribution in [0.4, 0.5) is 0 Å². The third-order valence-electron chi connectivity index (χ3n) is 3.00. The molecule has 1 saturated carbocycles. The van der Waals surface area contributed by atoms with Crippen LogP contribution in [-0.2, 0) is 10.5 Å². The molecule has 0 aromatic carbocycles. The van der Waals surface area contributed by atoms with E-state index in [-0.39, 0.29) is 5.69 Å². The highest BCUT2D eigenvalue weighted by atomic mass is 32.2. The molecule has 2 aromatic rings. The fraction of sp³-hybridized carbons (Fsp3) is 0.308. The number of nitrogens with zero attached hydrogens (tertiary/aromatic N) is 2. The predicted octanol–water partition coefficient (Wildman–Crippen LogP) is 2.36. The van der Waals surface area contributed by atoms with Gasteiger partial charge in [0.1, 0.15) is 0 Å². The number of hydrogen-bond donors (Lipinski definition) is 2. The summed E-state index contributed by atoms with van der Waals surface area (Å²) in [5.41, 5.74) is -0.142. The number of carboxylic acid groups (broad SMARTS) is 1. The fourth-order valence-corrected chi connectivity index (χ4v) is 3.87. The van der Waals surface area contributed by atoms with Gasteiger partial charge in [-0.05, 0) is 31.1 Å². The van der Waals surface area contributed by atoms with E-state index in [4.69, 9.17) is 5.11 Å². The van der Waals surface area contributed by atoms with Gasteiger partial charge >= 0.3 is 11.7 Å². The highest BCUT2D eigenvalue weighted by Crippen LogP contribution is 2.36. The van der Waals surface area contributed by atoms with Gasteiger partial charge in [0.15, 0.2) is 5.16 Å². The van der Waals surface area contributed by atoms with Gasteiger partial charge in [-0.15, -0.1) is 16.4 Å². The van der Waals surface area contributed by atoms with Gasteiger partial charge in [-0.25, -0.2) is 14.7 Å². The average Bonchev–Trinajstić information content (AvgIpc) is 3.06. The molecular formula is C13H13N3O3S2. The number of carbonyl (C=O) groups is 1. The van der Waals surface area contributed by atoms with Crippen molar-refractivity contribution in [1.82, 2.24) is 14.8 Å². The Balaban J connectivity index is 1.65. The minimum atomic E-state index is -0.954. The molecule has 21 heavy (non-hydrogen) atoms. The van der Waals surface area contributed by atoms with Crippen LogP contribution in [0.2, 0.25) is 0 Å². The fourth-order valence-electron chi connectivity index (χ4n) is 1.90. The first-order chi connectivity index (χ1) is 10.1. The van der Waals surface area contributed by atoms with Crippen LogP contribution in [0, 0.1) is 0 Å². The van der Waals surface area contributed by atoms with Gasteiger partial charge in [0, 0.05) is 27.6 Å². The first kappa shape index (κ1) is 14.2. The van der Waals surface area contributed by atoms with Crippen molar-refractivity contribution in [3.63, 3.8) is 0 Å². The van der Waals surface area contributed by atoms with Crippen LogP contribution in [-0.4, -0.2) is 25.8 Å². The molecule has 110 valence electrons. The van der Waals surface area contributed by atoms with Crippen molar-refractivity contribution in [2.75, 3.05) is 0 Å². The number of nitrogens with one attached hydrogen (secondary N) is 1. The Kier molecular flexibility index (Phi) is 3.98. The molecule has 2 N–H and O–H groups in total. The monoisotopic (exact) mass is 323 g/mol. The lowest BCUT2D eigenvalue weighted by atomic mass is 10.4. The number of aromatic nitrogens is 3. The van der Waals surface area contributed by atoms with Gasteiger partial charge in [-0.2, -0.15) is 0 Å². The van der Waals surface area contributed by atoms with E-state index in [1.54, 1.807) is 10.6 Å². The molecule has 0 saturated heterocycles. The van der Waals surface area contributed by atoms with Crippen molar-refractivity contribution in [2.45, 2.75) is 29.8 Å². The minimum absolute atomic E-state index is 0.142. The summed E-state index contributed by atoms with van der Waals surface area (Å²) in [6, 6.07) is 4.15. The number of aliphatic carboxylic acids is 1. The predicted molar refractivity (Wildman–Crippen MR) is 81.7 cm³/mol. The van der Waals surface area contributed by atoms with Crippen molar-refractivity contribution >= 4 is 35.1 Å². The number of thiophene rings is 1. The zero-order chi connectivity index (χ0) is 14.8. The van der Waals surface area contributed by atoms with Crippen LogP contribution in [0.3, 0.4) is 0 Å². The second-order valence-corrected chi connectivity index (χ2v) is 6.82. The molecule has 8 heteroatoms. The maximum Gasteiger partial charge on any atom is 0.344 e. The molecule has 2 aromatic heterocycles. The summed E-state index contributed by atoms with van der Waals surface area (Å²) in [5, 5.41) is 15.9. The Morgan fingerprint density at radius 2 is 2.38 bits per heavy atom. The van der Waals surface area contributed by atoms with Crippen molar-refractivity contribution in [3.05, 3.63) is 38.4 Å². The van der Waals surface area contributed by atoms with E-state index < -0.39 is 5.97 Å². The zero-order valence-corrected chi connectivity index (χ0v) is 12.6. The number of H-pyrrole nitrogens is 1. The zero-order valence-electron chi connectivity index (χ0n) is 11.0. The highest BCUT2D eigenvalue weighted by molar-refractivity contribution is 7.98. The van der Waals surface area contributed by atoms with Crippen LogP contribution in [0.5, 0.6) is 0 Å². The second kappa shape index (κ2) is 5.90. The van der Waals surface area contributed by atoms with E-state index in [0.717, 1.165) is 33.8 Å². The highest BCUT2D eigenvalue weighted by Gasteiger charge is 2.28. The Morgan fingerprint density at radius 3 is 3.10 bits per heavy atom. The van der Waals surface area contributed by atoms with Crippen LogP contribution in [0.25, 0.3) is 6.08 Å². The molecule has 0 amide bonds. The Hall–Kier alpha value is -1.80. The van der Waals surface area contributed by atoms with Crippen LogP contribution in [0.1, 0.15) is 28.6 Å². The summed E-state index contributed by atoms with van der Waals surface area (Å²) in [7, 11) is 0. The molecule has 6 nitrogen and oxygen atoms in total. The Bertz CT molecular complexity index is 740. The standard InChI is InChI=1S/C13H13N3O3S2/c17-11(18)6-5-9-3-4-10(21-9)7-20-13-15-14-12(19)16(13)8-1-2-8/h3-6,8H,1-2,7H2,(H,14,19)(H,17,18). The summed E-state index contributed by atoms with van der Waals surface area (Å²) >= 11 is 3.05. The van der Waals surface area contributed by atoms with E-state index in [0.29, 0.717) is 11.8 Å². The average molecular weight is 323 g/mol. The number of hydrogen-bond acceptors (Lipinski definition) is 5.